The Balaban J connectivity index is 1.02. The molecule has 0 heterocycles. The summed E-state index contributed by atoms with van der Waals surface area (Å²) in [5.41, 5.74) is 18.4. The molecule has 0 saturated heterocycles. The first-order valence-corrected chi connectivity index (χ1v) is 22.6. The maximum Gasteiger partial charge on any atom is 0.0467 e. The van der Waals surface area contributed by atoms with Crippen molar-refractivity contribution in [2.24, 2.45) is 23.7 Å². The zero-order valence-corrected chi connectivity index (χ0v) is 35.1. The average Bonchev–Trinajstić information content (AvgIpc) is 3.54. The lowest BCUT2D eigenvalue weighted by Gasteiger charge is -2.61. The van der Waals surface area contributed by atoms with Crippen molar-refractivity contribution >= 4 is 27.8 Å². The molecule has 1 nitrogen and oxygen atoms in total. The Morgan fingerprint density at radius 1 is 0.407 bits per heavy atom. The van der Waals surface area contributed by atoms with Gasteiger partial charge in [-0.25, -0.2) is 0 Å². The summed E-state index contributed by atoms with van der Waals surface area (Å²) in [6.07, 6.45) is 9.47. The summed E-state index contributed by atoms with van der Waals surface area (Å²) in [4.78, 5) is 2.55. The van der Waals surface area contributed by atoms with E-state index in [0.717, 1.165) is 23.7 Å². The van der Waals surface area contributed by atoms with Crippen LogP contribution in [0.5, 0.6) is 0 Å². The lowest BCUT2D eigenvalue weighted by Crippen LogP contribution is -2.55. The first-order valence-electron chi connectivity index (χ1n) is 22.6. The molecule has 13 rings (SSSR count). The molecule has 7 aromatic rings. The third-order valence-corrected chi connectivity index (χ3v) is 16.3. The van der Waals surface area contributed by atoms with Gasteiger partial charge in [-0.3, -0.25) is 0 Å². The number of hydrogen-bond acceptors (Lipinski definition) is 1. The van der Waals surface area contributed by atoms with Crippen molar-refractivity contribution in [3.05, 3.63) is 174 Å². The summed E-state index contributed by atoms with van der Waals surface area (Å²) in [6, 6.07) is 58.6. The van der Waals surface area contributed by atoms with Gasteiger partial charge in [0.05, 0.1) is 0 Å². The van der Waals surface area contributed by atoms with E-state index in [9.17, 15) is 0 Å². The SMILES string of the molecule is CC1(C)CCC(C)(C)c2cc(-c3cccc(N(c4ccc(-c5cccc6ccccc56)cc4)c4ccc5c(c4)C4(c6ccccc6-5)C5CC6CC(C5)CC4C6)c3)ccc21. The van der Waals surface area contributed by atoms with Crippen LogP contribution in [0.25, 0.3) is 44.2 Å². The number of fused-ring (bicyclic) bond motifs is 5. The molecule has 0 N–H and O–H groups in total. The van der Waals surface area contributed by atoms with E-state index in [4.69, 9.17) is 0 Å². The lowest BCUT2D eigenvalue weighted by atomic mass is 9.43. The van der Waals surface area contributed by atoms with E-state index in [0.29, 0.717) is 0 Å². The highest BCUT2D eigenvalue weighted by Crippen LogP contribution is 2.69. The molecule has 59 heavy (non-hydrogen) atoms. The van der Waals surface area contributed by atoms with Crippen LogP contribution < -0.4 is 4.90 Å². The minimum Gasteiger partial charge on any atom is -0.310 e. The Morgan fingerprint density at radius 2 is 1.00 bits per heavy atom. The standard InChI is InChI=1S/C58H55N/c1-56(2)27-28-57(3,4)55-35-42(21-26-53(55)56)41-13-9-14-46(34-41)59(45-22-19-40(20-23-45)49-17-10-12-39-11-5-6-15-48(39)49)47-24-25-51-50-16-7-8-18-52(50)58(54(51)36-47)43-30-37-29-38(32-43)33-44(58)31-37/h5-26,34-38,43-44H,27-33H2,1-4H3. The fourth-order valence-electron chi connectivity index (χ4n) is 13.6. The van der Waals surface area contributed by atoms with Gasteiger partial charge in [0.1, 0.15) is 0 Å². The van der Waals surface area contributed by atoms with Crippen molar-refractivity contribution < 1.29 is 0 Å². The number of hydrogen-bond donors (Lipinski definition) is 0. The van der Waals surface area contributed by atoms with E-state index in [1.54, 1.807) is 11.1 Å². The highest BCUT2D eigenvalue weighted by molar-refractivity contribution is 5.97. The van der Waals surface area contributed by atoms with Gasteiger partial charge in [-0.1, -0.05) is 143 Å². The Labute approximate surface area is 351 Å². The normalized spacial score (nSPS) is 25.2. The van der Waals surface area contributed by atoms with Gasteiger partial charge in [0, 0.05) is 22.5 Å². The maximum absolute atomic E-state index is 2.65. The number of nitrogens with zero attached hydrogens (tertiary/aromatic N) is 1. The molecule has 7 aromatic carbocycles. The Kier molecular flexibility index (Phi) is 7.71. The molecular weight excluding hydrogens is 711 g/mol. The molecule has 4 saturated carbocycles. The van der Waals surface area contributed by atoms with Gasteiger partial charge in [0.2, 0.25) is 0 Å². The highest BCUT2D eigenvalue weighted by atomic mass is 15.1. The van der Waals surface area contributed by atoms with Crippen LogP contribution in [0, 0.1) is 23.7 Å². The minimum atomic E-state index is 0.116. The molecular formula is C58H55N. The monoisotopic (exact) mass is 765 g/mol. The van der Waals surface area contributed by atoms with Gasteiger partial charge < -0.3 is 4.90 Å². The molecule has 0 atom stereocenters. The zero-order chi connectivity index (χ0) is 39.7. The third kappa shape index (κ3) is 5.29. The Morgan fingerprint density at radius 3 is 1.80 bits per heavy atom. The minimum absolute atomic E-state index is 0.116. The molecule has 4 fully saturated rings. The first-order chi connectivity index (χ1) is 28.7. The van der Waals surface area contributed by atoms with E-state index in [1.165, 1.54) is 117 Å². The topological polar surface area (TPSA) is 3.24 Å². The second-order valence-corrected chi connectivity index (χ2v) is 20.4. The van der Waals surface area contributed by atoms with Crippen molar-refractivity contribution in [2.45, 2.75) is 88.9 Å². The number of anilines is 3. The first kappa shape index (κ1) is 35.5. The van der Waals surface area contributed by atoms with E-state index >= 15 is 0 Å². The van der Waals surface area contributed by atoms with Crippen molar-refractivity contribution in [2.75, 3.05) is 4.90 Å². The van der Waals surface area contributed by atoms with Gasteiger partial charge in [0.25, 0.3) is 0 Å². The van der Waals surface area contributed by atoms with Gasteiger partial charge in [-0.2, -0.15) is 0 Å². The molecule has 292 valence electrons. The number of rotatable bonds is 5. The lowest BCUT2D eigenvalue weighted by molar-refractivity contribution is -0.0399. The molecule has 1 heteroatoms. The second kappa shape index (κ2) is 12.8. The molecule has 0 radical (unpaired) electrons. The molecule has 0 amide bonds. The van der Waals surface area contributed by atoms with Crippen LogP contribution in [0.1, 0.15) is 94.9 Å². The van der Waals surface area contributed by atoms with E-state index in [2.05, 4.69) is 184 Å². The van der Waals surface area contributed by atoms with Crippen LogP contribution in [0.4, 0.5) is 17.1 Å². The fourth-order valence-corrected chi connectivity index (χ4v) is 13.6. The molecule has 0 aromatic heterocycles. The van der Waals surface area contributed by atoms with Crippen LogP contribution in [0.15, 0.2) is 152 Å². The van der Waals surface area contributed by atoms with Crippen molar-refractivity contribution in [1.82, 2.24) is 0 Å². The Hall–Kier alpha value is -5.40. The summed E-state index contributed by atoms with van der Waals surface area (Å²) in [7, 11) is 0. The third-order valence-electron chi connectivity index (χ3n) is 16.3. The van der Waals surface area contributed by atoms with E-state index in [-0.39, 0.29) is 16.2 Å². The summed E-state index contributed by atoms with van der Waals surface area (Å²) in [5, 5.41) is 2.57. The maximum atomic E-state index is 2.65. The molecule has 6 aliphatic carbocycles. The van der Waals surface area contributed by atoms with Crippen molar-refractivity contribution in [3.63, 3.8) is 0 Å². The average molecular weight is 766 g/mol. The quantitative estimate of drug-likeness (QED) is 0.169. The van der Waals surface area contributed by atoms with Crippen LogP contribution in [0.2, 0.25) is 0 Å². The molecule has 0 unspecified atom stereocenters. The fraction of sp³-hybridized carbons (Fsp3) is 0.310. The van der Waals surface area contributed by atoms with Gasteiger partial charge in [-0.05, 0) is 182 Å². The summed E-state index contributed by atoms with van der Waals surface area (Å²) in [5.74, 6) is 3.29. The predicted octanol–water partition coefficient (Wildman–Crippen LogP) is 15.7. The molecule has 0 aliphatic heterocycles. The zero-order valence-electron chi connectivity index (χ0n) is 35.1. The van der Waals surface area contributed by atoms with Crippen LogP contribution >= 0.6 is 0 Å². The van der Waals surface area contributed by atoms with E-state index in [1.807, 2.05) is 0 Å². The summed E-state index contributed by atoms with van der Waals surface area (Å²) < 4.78 is 0. The Bertz CT molecular complexity index is 2770. The second-order valence-electron chi connectivity index (χ2n) is 20.4. The largest absolute Gasteiger partial charge is 0.310 e. The van der Waals surface area contributed by atoms with Crippen LogP contribution in [-0.4, -0.2) is 0 Å². The van der Waals surface area contributed by atoms with Gasteiger partial charge in [0.15, 0.2) is 0 Å². The summed E-state index contributed by atoms with van der Waals surface area (Å²) >= 11 is 0. The molecule has 4 bridgehead atoms. The molecule has 1 spiro atoms. The number of benzene rings is 7. The van der Waals surface area contributed by atoms with Crippen molar-refractivity contribution in [3.8, 4) is 33.4 Å². The molecule has 6 aliphatic rings. The van der Waals surface area contributed by atoms with Crippen LogP contribution in [0.3, 0.4) is 0 Å². The van der Waals surface area contributed by atoms with Crippen molar-refractivity contribution in [1.29, 1.82) is 0 Å². The predicted molar refractivity (Wildman–Crippen MR) is 248 cm³/mol. The summed E-state index contributed by atoms with van der Waals surface area (Å²) in [6.45, 7) is 9.72. The van der Waals surface area contributed by atoms with Gasteiger partial charge in [-0.15, -0.1) is 0 Å². The smallest absolute Gasteiger partial charge is 0.0467 e. The van der Waals surface area contributed by atoms with Crippen LogP contribution in [-0.2, 0) is 16.2 Å². The van der Waals surface area contributed by atoms with Gasteiger partial charge >= 0.3 is 0 Å². The highest BCUT2D eigenvalue weighted by Gasteiger charge is 2.61. The van der Waals surface area contributed by atoms with E-state index < -0.39 is 0 Å².